The van der Waals surface area contributed by atoms with E-state index in [1.165, 1.54) is 18.5 Å². The minimum absolute atomic E-state index is 0.124. The number of piperazine rings is 1. The van der Waals surface area contributed by atoms with Gasteiger partial charge in [0.05, 0.1) is 0 Å². The molecule has 2 aliphatic rings. The van der Waals surface area contributed by atoms with Gasteiger partial charge < -0.3 is 25.4 Å². The van der Waals surface area contributed by atoms with Gasteiger partial charge in [-0.05, 0) is 62.1 Å². The minimum Gasteiger partial charge on any atom is -0.369 e. The van der Waals surface area contributed by atoms with E-state index in [0.29, 0.717) is 24.6 Å². The maximum atomic E-state index is 13.2. The Labute approximate surface area is 213 Å². The first-order valence-electron chi connectivity index (χ1n) is 13.2. The molecule has 190 valence electrons. The molecule has 1 aromatic heterocycles. The molecule has 3 aromatic rings. The molecule has 2 heterocycles. The highest BCUT2D eigenvalue weighted by Crippen LogP contribution is 2.34. The number of benzene rings is 2. The second-order valence-electron chi connectivity index (χ2n) is 10.4. The van der Waals surface area contributed by atoms with Crippen molar-refractivity contribution in [3.8, 4) is 0 Å². The van der Waals surface area contributed by atoms with Gasteiger partial charge >= 0.3 is 0 Å². The monoisotopic (exact) mass is 487 g/mol. The molecule has 2 aromatic carbocycles. The fourth-order valence-corrected chi connectivity index (χ4v) is 5.02. The zero-order valence-corrected chi connectivity index (χ0v) is 21.3. The van der Waals surface area contributed by atoms with Crippen LogP contribution in [0.1, 0.15) is 47.3 Å². The molecule has 1 atom stereocenters. The Hall–Kier alpha value is -3.32. The summed E-state index contributed by atoms with van der Waals surface area (Å²) in [5.41, 5.74) is 4.64. The number of aromatic nitrogens is 1. The van der Waals surface area contributed by atoms with Gasteiger partial charge in [-0.1, -0.05) is 43.2 Å². The molecule has 1 saturated heterocycles. The Bertz CT molecular complexity index is 1210. The summed E-state index contributed by atoms with van der Waals surface area (Å²) in [6.45, 7) is 6.60. The van der Waals surface area contributed by atoms with Gasteiger partial charge in [0.1, 0.15) is 11.7 Å². The number of fused-ring (bicyclic) bond motifs is 1. The van der Waals surface area contributed by atoms with Gasteiger partial charge in [0.2, 0.25) is 5.91 Å². The molecule has 1 aliphatic heterocycles. The third kappa shape index (κ3) is 5.73. The average Bonchev–Trinajstić information content (AvgIpc) is 3.67. The number of hydrogen-bond acceptors (Lipinski definition) is 4. The van der Waals surface area contributed by atoms with Crippen LogP contribution in [0.4, 0.5) is 5.69 Å². The Balaban J connectivity index is 1.20. The SMILES string of the molecule is Cc1c(C(=O)NC(CCC2CC2)C(=O)NCc2ccc(N3CCN(C)CC3)cc2)[nH]c2ccccc12. The quantitative estimate of drug-likeness (QED) is 0.429. The fourth-order valence-electron chi connectivity index (χ4n) is 5.02. The van der Waals surface area contributed by atoms with Crippen LogP contribution < -0.4 is 15.5 Å². The number of rotatable bonds is 9. The summed E-state index contributed by atoms with van der Waals surface area (Å²) in [5.74, 6) is 0.339. The molecule has 7 heteroatoms. The molecule has 1 saturated carbocycles. The molecule has 1 unspecified atom stereocenters. The van der Waals surface area contributed by atoms with Crippen molar-refractivity contribution in [1.29, 1.82) is 0 Å². The van der Waals surface area contributed by atoms with E-state index in [0.717, 1.165) is 54.6 Å². The molecular weight excluding hydrogens is 450 g/mol. The zero-order valence-electron chi connectivity index (χ0n) is 21.3. The van der Waals surface area contributed by atoms with E-state index in [4.69, 9.17) is 0 Å². The van der Waals surface area contributed by atoms with Crippen molar-refractivity contribution in [2.75, 3.05) is 38.1 Å². The predicted octanol–water partition coefficient (Wildman–Crippen LogP) is 3.83. The number of amides is 2. The molecule has 0 bridgehead atoms. The van der Waals surface area contributed by atoms with Crippen LogP contribution in [0.5, 0.6) is 0 Å². The van der Waals surface area contributed by atoms with Crippen LogP contribution in [0.25, 0.3) is 10.9 Å². The van der Waals surface area contributed by atoms with Crippen molar-refractivity contribution >= 4 is 28.4 Å². The van der Waals surface area contributed by atoms with Crippen molar-refractivity contribution in [2.45, 2.75) is 45.2 Å². The third-order valence-corrected chi connectivity index (χ3v) is 7.65. The number of nitrogens with one attached hydrogen (secondary N) is 3. The summed E-state index contributed by atoms with van der Waals surface area (Å²) < 4.78 is 0. The summed E-state index contributed by atoms with van der Waals surface area (Å²) in [6, 6.07) is 15.8. The van der Waals surface area contributed by atoms with Crippen LogP contribution in [0.2, 0.25) is 0 Å². The van der Waals surface area contributed by atoms with E-state index in [1.807, 2.05) is 31.2 Å². The van der Waals surface area contributed by atoms with Gasteiger partial charge in [-0.2, -0.15) is 0 Å². The Morgan fingerprint density at radius 1 is 1.03 bits per heavy atom. The maximum absolute atomic E-state index is 13.2. The number of aryl methyl sites for hydroxylation is 1. The van der Waals surface area contributed by atoms with Crippen LogP contribution in [-0.2, 0) is 11.3 Å². The highest BCUT2D eigenvalue weighted by Gasteiger charge is 2.28. The van der Waals surface area contributed by atoms with E-state index < -0.39 is 6.04 Å². The number of hydrogen-bond donors (Lipinski definition) is 3. The molecule has 36 heavy (non-hydrogen) atoms. The van der Waals surface area contributed by atoms with Crippen molar-refractivity contribution < 1.29 is 9.59 Å². The van der Waals surface area contributed by atoms with Crippen LogP contribution in [0, 0.1) is 12.8 Å². The van der Waals surface area contributed by atoms with E-state index >= 15 is 0 Å². The molecule has 0 spiro atoms. The largest absolute Gasteiger partial charge is 0.369 e. The first-order valence-corrected chi connectivity index (χ1v) is 13.2. The van der Waals surface area contributed by atoms with Crippen LogP contribution >= 0.6 is 0 Å². The van der Waals surface area contributed by atoms with Gasteiger partial charge in [-0.3, -0.25) is 9.59 Å². The van der Waals surface area contributed by atoms with Gasteiger partial charge in [0.15, 0.2) is 0 Å². The number of likely N-dealkylation sites (N-methyl/N-ethyl adjacent to an activating group) is 1. The van der Waals surface area contributed by atoms with Crippen LogP contribution in [-0.4, -0.2) is 61.0 Å². The molecule has 1 aliphatic carbocycles. The first kappa shape index (κ1) is 24.4. The summed E-state index contributed by atoms with van der Waals surface area (Å²) in [4.78, 5) is 34.3. The lowest BCUT2D eigenvalue weighted by atomic mass is 10.1. The Kier molecular flexibility index (Phi) is 7.28. The lowest BCUT2D eigenvalue weighted by Gasteiger charge is -2.34. The zero-order chi connectivity index (χ0) is 25.1. The second-order valence-corrected chi connectivity index (χ2v) is 10.4. The second kappa shape index (κ2) is 10.7. The summed E-state index contributed by atoms with van der Waals surface area (Å²) >= 11 is 0. The van der Waals surface area contributed by atoms with E-state index in [2.05, 4.69) is 56.7 Å². The molecule has 2 amide bonds. The lowest BCUT2D eigenvalue weighted by molar-refractivity contribution is -0.123. The Morgan fingerprint density at radius 3 is 2.44 bits per heavy atom. The van der Waals surface area contributed by atoms with E-state index in [1.54, 1.807) is 0 Å². The molecule has 2 fully saturated rings. The third-order valence-electron chi connectivity index (χ3n) is 7.65. The summed E-state index contributed by atoms with van der Waals surface area (Å²) in [6.07, 6.45) is 4.07. The van der Waals surface area contributed by atoms with Crippen LogP contribution in [0.3, 0.4) is 0 Å². The highest BCUT2D eigenvalue weighted by atomic mass is 16.2. The van der Waals surface area contributed by atoms with Crippen molar-refractivity contribution in [1.82, 2.24) is 20.5 Å². The average molecular weight is 488 g/mol. The van der Waals surface area contributed by atoms with Crippen LogP contribution in [0.15, 0.2) is 48.5 Å². The lowest BCUT2D eigenvalue weighted by Crippen LogP contribution is -2.46. The van der Waals surface area contributed by atoms with Crippen molar-refractivity contribution in [2.24, 2.45) is 5.92 Å². The number of H-pyrrole nitrogens is 1. The standard InChI is InChI=1S/C29H37N5O2/c1-20-24-5-3-4-6-25(24)31-27(20)29(36)32-26(14-11-21-7-8-21)28(35)30-19-22-9-12-23(13-10-22)34-17-15-33(2)16-18-34/h3-6,9-10,12-13,21,26,31H,7-8,11,14-19H2,1-2H3,(H,30,35)(H,32,36). The summed E-state index contributed by atoms with van der Waals surface area (Å²) in [5, 5.41) is 7.11. The molecule has 5 rings (SSSR count). The van der Waals surface area contributed by atoms with Gasteiger partial charge in [-0.15, -0.1) is 0 Å². The van der Waals surface area contributed by atoms with Crippen molar-refractivity contribution in [3.63, 3.8) is 0 Å². The van der Waals surface area contributed by atoms with Gasteiger partial charge in [0, 0.05) is 49.3 Å². The number of carbonyl (C=O) groups excluding carboxylic acids is 2. The highest BCUT2D eigenvalue weighted by molar-refractivity contribution is 6.02. The first-order chi connectivity index (χ1) is 17.5. The molecule has 0 radical (unpaired) electrons. The van der Waals surface area contributed by atoms with Crippen molar-refractivity contribution in [3.05, 3.63) is 65.4 Å². The normalized spacial score (nSPS) is 17.2. The van der Waals surface area contributed by atoms with Gasteiger partial charge in [0.25, 0.3) is 5.91 Å². The van der Waals surface area contributed by atoms with E-state index in [-0.39, 0.29) is 11.8 Å². The molecule has 7 nitrogen and oxygen atoms in total. The predicted molar refractivity (Wildman–Crippen MR) is 144 cm³/mol. The van der Waals surface area contributed by atoms with Gasteiger partial charge in [-0.25, -0.2) is 0 Å². The number of para-hydroxylation sites is 1. The van der Waals surface area contributed by atoms with E-state index in [9.17, 15) is 9.59 Å². The topological polar surface area (TPSA) is 80.5 Å². The molecular formula is C29H37N5O2. The number of nitrogens with zero attached hydrogens (tertiary/aromatic N) is 2. The smallest absolute Gasteiger partial charge is 0.268 e. The maximum Gasteiger partial charge on any atom is 0.268 e. The summed E-state index contributed by atoms with van der Waals surface area (Å²) in [7, 11) is 2.16. The number of carbonyl (C=O) groups is 2. The number of anilines is 1. The minimum atomic E-state index is -0.548. The Morgan fingerprint density at radius 2 is 1.75 bits per heavy atom. The molecule has 3 N–H and O–H groups in total. The fraction of sp³-hybridized carbons (Fsp3) is 0.448. The number of aromatic amines is 1.